The Morgan fingerprint density at radius 1 is 0.962 bits per heavy atom. The first kappa shape index (κ1) is 19.4. The summed E-state index contributed by atoms with van der Waals surface area (Å²) < 4.78 is 22.8. The fourth-order valence-corrected chi connectivity index (χ4v) is 2.69. The average Bonchev–Trinajstić information content (AvgIpc) is 2.91. The van der Waals surface area contributed by atoms with Crippen molar-refractivity contribution in [2.24, 2.45) is 7.05 Å². The van der Waals surface area contributed by atoms with Crippen molar-refractivity contribution in [1.82, 2.24) is 4.57 Å². The Morgan fingerprint density at radius 2 is 1.62 bits per heavy atom. The quantitative estimate of drug-likeness (QED) is 0.557. The summed E-state index contributed by atoms with van der Waals surface area (Å²) >= 11 is 0. The van der Waals surface area contributed by atoms with E-state index in [0.717, 1.165) is 11.4 Å². The lowest BCUT2D eigenvalue weighted by Crippen LogP contribution is -2.16. The molecule has 0 saturated carbocycles. The maximum Gasteiger partial charge on any atom is 0.342 e. The van der Waals surface area contributed by atoms with Gasteiger partial charge in [-0.25, -0.2) is 4.79 Å². The van der Waals surface area contributed by atoms with E-state index in [1.165, 1.54) is 27.4 Å². The van der Waals surface area contributed by atoms with E-state index in [9.17, 15) is 9.59 Å². The number of hydrogen-bond acceptors (Lipinski definition) is 6. The standard InChI is InChI=1S/C19H23NO6/c1-11-9-14(12(2)20(11)3)15(21)10-26-19(22)13-7-8-16(23-4)18(25-6)17(13)24-5/h7-9H,10H2,1-6H3. The first-order chi connectivity index (χ1) is 12.3. The molecule has 2 rings (SSSR count). The summed E-state index contributed by atoms with van der Waals surface area (Å²) in [6.07, 6.45) is 0. The number of carbonyl (C=O) groups is 2. The molecule has 0 spiro atoms. The summed E-state index contributed by atoms with van der Waals surface area (Å²) in [6.45, 7) is 3.39. The molecule has 7 nitrogen and oxygen atoms in total. The topological polar surface area (TPSA) is 76.0 Å². The number of rotatable bonds is 7. The molecule has 1 heterocycles. The van der Waals surface area contributed by atoms with E-state index >= 15 is 0 Å². The van der Waals surface area contributed by atoms with Gasteiger partial charge in [0.25, 0.3) is 0 Å². The van der Waals surface area contributed by atoms with E-state index in [4.69, 9.17) is 18.9 Å². The van der Waals surface area contributed by atoms with Crippen LogP contribution in [0.1, 0.15) is 32.1 Å². The lowest BCUT2D eigenvalue weighted by molar-refractivity contribution is 0.0470. The Balaban J connectivity index is 2.20. The Bertz CT molecular complexity index is 837. The Morgan fingerprint density at radius 3 is 2.12 bits per heavy atom. The van der Waals surface area contributed by atoms with E-state index in [1.54, 1.807) is 12.1 Å². The molecule has 1 aromatic heterocycles. The van der Waals surface area contributed by atoms with E-state index < -0.39 is 5.97 Å². The summed E-state index contributed by atoms with van der Waals surface area (Å²) in [5.74, 6) is -0.0471. The van der Waals surface area contributed by atoms with Crippen LogP contribution in [0.25, 0.3) is 0 Å². The van der Waals surface area contributed by atoms with E-state index in [0.29, 0.717) is 11.3 Å². The van der Waals surface area contributed by atoms with Crippen LogP contribution in [-0.4, -0.2) is 44.3 Å². The zero-order valence-corrected chi connectivity index (χ0v) is 15.8. The zero-order valence-electron chi connectivity index (χ0n) is 15.8. The van der Waals surface area contributed by atoms with Crippen LogP contribution in [0.4, 0.5) is 0 Å². The maximum absolute atomic E-state index is 12.4. The van der Waals surface area contributed by atoms with Crippen molar-refractivity contribution < 1.29 is 28.5 Å². The van der Waals surface area contributed by atoms with Gasteiger partial charge in [0.05, 0.1) is 21.3 Å². The molecule has 0 radical (unpaired) electrons. The fourth-order valence-electron chi connectivity index (χ4n) is 2.69. The predicted molar refractivity (Wildman–Crippen MR) is 95.6 cm³/mol. The van der Waals surface area contributed by atoms with E-state index in [1.807, 2.05) is 25.5 Å². The highest BCUT2D eigenvalue weighted by molar-refractivity contribution is 6.01. The molecule has 0 unspecified atom stereocenters. The summed E-state index contributed by atoms with van der Waals surface area (Å²) in [4.78, 5) is 24.8. The second-order valence-electron chi connectivity index (χ2n) is 5.73. The molecule has 0 saturated heterocycles. The molecule has 7 heteroatoms. The molecule has 26 heavy (non-hydrogen) atoms. The van der Waals surface area contributed by atoms with Crippen LogP contribution in [0.3, 0.4) is 0 Å². The molecule has 0 aliphatic carbocycles. The second-order valence-corrected chi connectivity index (χ2v) is 5.73. The van der Waals surface area contributed by atoms with Gasteiger partial charge < -0.3 is 23.5 Å². The predicted octanol–water partition coefficient (Wildman–Crippen LogP) is 2.71. The number of methoxy groups -OCH3 is 3. The number of hydrogen-bond donors (Lipinski definition) is 0. The van der Waals surface area contributed by atoms with Crippen molar-refractivity contribution in [3.05, 3.63) is 40.7 Å². The number of esters is 1. The third-order valence-electron chi connectivity index (χ3n) is 4.33. The highest BCUT2D eigenvalue weighted by Gasteiger charge is 2.23. The average molecular weight is 361 g/mol. The third-order valence-corrected chi connectivity index (χ3v) is 4.33. The third kappa shape index (κ3) is 3.51. The van der Waals surface area contributed by atoms with Crippen LogP contribution in [0.5, 0.6) is 17.2 Å². The van der Waals surface area contributed by atoms with Gasteiger partial charge in [0.2, 0.25) is 11.5 Å². The summed E-state index contributed by atoms with van der Waals surface area (Å²) in [7, 11) is 6.22. The number of ether oxygens (including phenoxy) is 4. The summed E-state index contributed by atoms with van der Waals surface area (Å²) in [6, 6.07) is 4.86. The minimum atomic E-state index is -0.679. The Kier molecular flexibility index (Phi) is 5.92. The number of ketones is 1. The highest BCUT2D eigenvalue weighted by Crippen LogP contribution is 2.39. The van der Waals surface area contributed by atoms with Crippen molar-refractivity contribution in [3.8, 4) is 17.2 Å². The van der Waals surface area contributed by atoms with Crippen LogP contribution in [-0.2, 0) is 11.8 Å². The monoisotopic (exact) mass is 361 g/mol. The van der Waals surface area contributed by atoms with Crippen molar-refractivity contribution in [1.29, 1.82) is 0 Å². The molecule has 0 atom stereocenters. The van der Waals surface area contributed by atoms with E-state index in [-0.39, 0.29) is 29.5 Å². The van der Waals surface area contributed by atoms with Gasteiger partial charge in [0.15, 0.2) is 18.1 Å². The number of aryl methyl sites for hydroxylation is 1. The largest absolute Gasteiger partial charge is 0.493 e. The van der Waals surface area contributed by atoms with Crippen molar-refractivity contribution in [2.75, 3.05) is 27.9 Å². The van der Waals surface area contributed by atoms with Gasteiger partial charge >= 0.3 is 5.97 Å². The molecular weight excluding hydrogens is 338 g/mol. The minimum absolute atomic E-state index is 0.152. The number of carbonyl (C=O) groups excluding carboxylic acids is 2. The Labute approximate surface area is 152 Å². The molecular formula is C19H23NO6. The lowest BCUT2D eigenvalue weighted by Gasteiger charge is -2.15. The van der Waals surface area contributed by atoms with Crippen molar-refractivity contribution >= 4 is 11.8 Å². The normalized spacial score (nSPS) is 10.4. The van der Waals surface area contributed by atoms with Gasteiger partial charge in [-0.2, -0.15) is 0 Å². The SMILES string of the molecule is COc1ccc(C(=O)OCC(=O)c2cc(C)n(C)c2C)c(OC)c1OC. The summed E-state index contributed by atoms with van der Waals surface area (Å²) in [5.41, 5.74) is 2.47. The molecule has 0 fully saturated rings. The van der Waals surface area contributed by atoms with Crippen molar-refractivity contribution in [2.45, 2.75) is 13.8 Å². The second kappa shape index (κ2) is 7.95. The van der Waals surface area contributed by atoms with Gasteiger partial charge in [-0.1, -0.05) is 0 Å². The van der Waals surface area contributed by atoms with Crippen LogP contribution in [0.15, 0.2) is 18.2 Å². The van der Waals surface area contributed by atoms with Crippen LogP contribution in [0.2, 0.25) is 0 Å². The molecule has 0 aliphatic rings. The van der Waals surface area contributed by atoms with Gasteiger partial charge in [-0.3, -0.25) is 4.79 Å². The number of benzene rings is 1. The first-order valence-corrected chi connectivity index (χ1v) is 7.97. The van der Waals surface area contributed by atoms with E-state index in [2.05, 4.69) is 0 Å². The van der Waals surface area contributed by atoms with Crippen molar-refractivity contribution in [3.63, 3.8) is 0 Å². The molecule has 140 valence electrons. The van der Waals surface area contributed by atoms with Gasteiger partial charge in [0.1, 0.15) is 5.56 Å². The fraction of sp³-hybridized carbons (Fsp3) is 0.368. The van der Waals surface area contributed by atoms with Gasteiger partial charge in [-0.15, -0.1) is 0 Å². The summed E-state index contributed by atoms with van der Waals surface area (Å²) in [5, 5.41) is 0. The first-order valence-electron chi connectivity index (χ1n) is 7.97. The molecule has 0 N–H and O–H groups in total. The van der Waals surface area contributed by atoms with Crippen LogP contribution < -0.4 is 14.2 Å². The number of Topliss-reactive ketones (excluding diaryl/α,β-unsaturated/α-hetero) is 1. The Hall–Kier alpha value is -2.96. The minimum Gasteiger partial charge on any atom is -0.493 e. The molecule has 0 amide bonds. The highest BCUT2D eigenvalue weighted by atomic mass is 16.5. The van der Waals surface area contributed by atoms with Crippen LogP contribution >= 0.6 is 0 Å². The maximum atomic E-state index is 12.4. The molecule has 0 aliphatic heterocycles. The molecule has 1 aromatic carbocycles. The molecule has 2 aromatic rings. The lowest BCUT2D eigenvalue weighted by atomic mass is 10.1. The molecule has 0 bridgehead atoms. The van der Waals surface area contributed by atoms with Gasteiger partial charge in [0, 0.05) is 24.0 Å². The zero-order chi connectivity index (χ0) is 19.4. The smallest absolute Gasteiger partial charge is 0.342 e. The number of nitrogens with zero attached hydrogens (tertiary/aromatic N) is 1. The number of aromatic nitrogens is 1. The van der Waals surface area contributed by atoms with Gasteiger partial charge in [-0.05, 0) is 32.0 Å². The van der Waals surface area contributed by atoms with Crippen LogP contribution in [0, 0.1) is 13.8 Å².